The van der Waals surface area contributed by atoms with Gasteiger partial charge in [-0.25, -0.2) is 9.78 Å². The van der Waals surface area contributed by atoms with Gasteiger partial charge in [-0.05, 0) is 43.3 Å². The van der Waals surface area contributed by atoms with Crippen molar-refractivity contribution in [2.75, 3.05) is 23.9 Å². The lowest BCUT2D eigenvalue weighted by Gasteiger charge is -2.17. The Balaban J connectivity index is 2.12. The van der Waals surface area contributed by atoms with E-state index >= 15 is 0 Å². The molecule has 1 heterocycles. The molecular formula is C17H16F3N3O3S. The summed E-state index contributed by atoms with van der Waals surface area (Å²) in [5, 5.41) is 2.08. The first kappa shape index (κ1) is 20.6. The number of benzene rings is 1. The van der Waals surface area contributed by atoms with Gasteiger partial charge in [0.2, 0.25) is 0 Å². The second-order valence-corrected chi connectivity index (χ2v) is 6.22. The van der Waals surface area contributed by atoms with Gasteiger partial charge in [0.1, 0.15) is 5.03 Å². The third-order valence-corrected chi connectivity index (χ3v) is 4.03. The van der Waals surface area contributed by atoms with Gasteiger partial charge in [0.15, 0.2) is 0 Å². The molecule has 2 rings (SSSR count). The third-order valence-electron chi connectivity index (χ3n) is 3.28. The Bertz CT molecular complexity index is 813. The van der Waals surface area contributed by atoms with Crippen molar-refractivity contribution in [3.05, 3.63) is 48.2 Å². The number of aromatic nitrogens is 1. The third kappa shape index (κ3) is 5.88. The van der Waals surface area contributed by atoms with Crippen LogP contribution in [0, 0.1) is 0 Å². The van der Waals surface area contributed by atoms with Crippen molar-refractivity contribution in [3.8, 4) is 0 Å². The molecule has 0 bridgehead atoms. The molecular weight excluding hydrogens is 383 g/mol. The van der Waals surface area contributed by atoms with Gasteiger partial charge in [0.25, 0.3) is 5.91 Å². The first-order valence-electron chi connectivity index (χ1n) is 7.74. The Morgan fingerprint density at radius 1 is 1.22 bits per heavy atom. The number of anilines is 2. The van der Waals surface area contributed by atoms with Crippen LogP contribution in [-0.4, -0.2) is 36.1 Å². The van der Waals surface area contributed by atoms with Crippen molar-refractivity contribution < 1.29 is 27.5 Å². The van der Waals surface area contributed by atoms with Gasteiger partial charge in [-0.3, -0.25) is 9.69 Å². The summed E-state index contributed by atoms with van der Waals surface area (Å²) in [6.07, 6.45) is 0.656. The fraction of sp³-hybridized carbons (Fsp3) is 0.235. The maximum Gasteiger partial charge on any atom is 0.447 e. The van der Waals surface area contributed by atoms with E-state index in [0.717, 1.165) is 0 Å². The topological polar surface area (TPSA) is 71.5 Å². The van der Waals surface area contributed by atoms with E-state index in [0.29, 0.717) is 11.4 Å². The van der Waals surface area contributed by atoms with E-state index in [4.69, 9.17) is 4.74 Å². The lowest BCUT2D eigenvalue weighted by Crippen LogP contribution is -2.26. The highest BCUT2D eigenvalue weighted by Gasteiger charge is 2.32. The highest BCUT2D eigenvalue weighted by molar-refractivity contribution is 8.00. The Hall–Kier alpha value is -2.75. The van der Waals surface area contributed by atoms with Gasteiger partial charge in [0.05, 0.1) is 12.2 Å². The van der Waals surface area contributed by atoms with Crippen LogP contribution < -0.4 is 10.2 Å². The molecule has 0 aliphatic carbocycles. The van der Waals surface area contributed by atoms with Crippen LogP contribution in [0.4, 0.5) is 29.3 Å². The van der Waals surface area contributed by atoms with E-state index < -0.39 is 34.3 Å². The van der Waals surface area contributed by atoms with Gasteiger partial charge >= 0.3 is 11.6 Å². The number of hydrogen-bond acceptors (Lipinski definition) is 5. The minimum Gasteiger partial charge on any atom is -0.449 e. The normalized spacial score (nSPS) is 11.0. The molecule has 0 saturated carbocycles. The summed E-state index contributed by atoms with van der Waals surface area (Å²) in [7, 11) is 1.53. The molecule has 0 fully saturated rings. The Morgan fingerprint density at radius 2 is 1.89 bits per heavy atom. The quantitative estimate of drug-likeness (QED) is 0.748. The zero-order valence-corrected chi connectivity index (χ0v) is 15.2. The second-order valence-electron chi connectivity index (χ2n) is 5.16. The van der Waals surface area contributed by atoms with E-state index in [1.807, 2.05) is 0 Å². The highest BCUT2D eigenvalue weighted by atomic mass is 32.2. The van der Waals surface area contributed by atoms with Crippen LogP contribution in [0.1, 0.15) is 17.3 Å². The van der Waals surface area contributed by atoms with Crippen LogP contribution in [0.5, 0.6) is 0 Å². The van der Waals surface area contributed by atoms with E-state index in [9.17, 15) is 22.8 Å². The summed E-state index contributed by atoms with van der Waals surface area (Å²) >= 11 is -0.450. The second kappa shape index (κ2) is 8.76. The molecule has 6 nitrogen and oxygen atoms in total. The summed E-state index contributed by atoms with van der Waals surface area (Å²) in [6, 6.07) is 8.83. The summed E-state index contributed by atoms with van der Waals surface area (Å²) in [6.45, 7) is 1.93. The number of alkyl halides is 3. The largest absolute Gasteiger partial charge is 0.449 e. The van der Waals surface area contributed by atoms with Gasteiger partial charge in [-0.2, -0.15) is 13.2 Å². The number of carbonyl (C=O) groups is 2. The first-order valence-corrected chi connectivity index (χ1v) is 8.55. The number of rotatable bonds is 5. The molecule has 2 amide bonds. The first-order chi connectivity index (χ1) is 12.7. The minimum atomic E-state index is -4.55. The fourth-order valence-electron chi connectivity index (χ4n) is 2.05. The predicted molar refractivity (Wildman–Crippen MR) is 96.0 cm³/mol. The molecule has 2 aromatic rings. The van der Waals surface area contributed by atoms with Crippen molar-refractivity contribution in [1.82, 2.24) is 4.98 Å². The van der Waals surface area contributed by atoms with E-state index in [2.05, 4.69) is 10.3 Å². The molecule has 0 radical (unpaired) electrons. The maximum atomic E-state index is 12.6. The maximum absolute atomic E-state index is 12.6. The standard InChI is InChI=1S/C17H16F3N3O3S/c1-3-26-16(25)23(2)12-8-6-11(7-9-12)22-14(24)13-5-4-10-21-15(13)27-17(18,19)20/h4-10H,3H2,1-2H3,(H,22,24). The molecule has 0 spiro atoms. The van der Waals surface area contributed by atoms with Crippen LogP contribution >= 0.6 is 11.8 Å². The number of halogens is 3. The smallest absolute Gasteiger partial charge is 0.447 e. The monoisotopic (exact) mass is 399 g/mol. The SMILES string of the molecule is CCOC(=O)N(C)c1ccc(NC(=O)c2cccnc2SC(F)(F)F)cc1. The number of carbonyl (C=O) groups excluding carboxylic acids is 2. The van der Waals surface area contributed by atoms with E-state index in [1.165, 1.54) is 42.4 Å². The number of nitrogens with zero attached hydrogens (tertiary/aromatic N) is 2. The summed E-state index contributed by atoms with van der Waals surface area (Å²) < 4.78 is 42.7. The molecule has 1 N–H and O–H groups in total. The van der Waals surface area contributed by atoms with Crippen LogP contribution in [0.2, 0.25) is 0 Å². The van der Waals surface area contributed by atoms with Gasteiger partial charge in [-0.1, -0.05) is 0 Å². The molecule has 10 heteroatoms. The minimum absolute atomic E-state index is 0.187. The van der Waals surface area contributed by atoms with E-state index in [1.54, 1.807) is 19.1 Å². The zero-order chi connectivity index (χ0) is 20.0. The fourth-order valence-corrected chi connectivity index (χ4v) is 2.65. The number of hydrogen-bond donors (Lipinski definition) is 1. The van der Waals surface area contributed by atoms with Crippen LogP contribution in [0.3, 0.4) is 0 Å². The molecule has 0 aliphatic rings. The average Bonchev–Trinajstić information content (AvgIpc) is 2.61. The Labute approximate surface area is 157 Å². The molecule has 1 aromatic carbocycles. The van der Waals surface area contributed by atoms with Crippen molar-refractivity contribution >= 4 is 35.1 Å². The molecule has 0 atom stereocenters. The van der Waals surface area contributed by atoms with E-state index in [-0.39, 0.29) is 12.2 Å². The summed E-state index contributed by atoms with van der Waals surface area (Å²) in [5.74, 6) is -0.721. The number of thioether (sulfide) groups is 1. The summed E-state index contributed by atoms with van der Waals surface area (Å²) in [4.78, 5) is 28.9. The lowest BCUT2D eigenvalue weighted by atomic mass is 10.2. The lowest BCUT2D eigenvalue weighted by molar-refractivity contribution is -0.0329. The van der Waals surface area contributed by atoms with Crippen LogP contribution in [0.25, 0.3) is 0 Å². The Morgan fingerprint density at radius 3 is 2.48 bits per heavy atom. The van der Waals surface area contributed by atoms with Gasteiger partial charge in [0, 0.05) is 36.4 Å². The molecule has 27 heavy (non-hydrogen) atoms. The molecule has 1 aromatic heterocycles. The van der Waals surface area contributed by atoms with Crippen LogP contribution in [0.15, 0.2) is 47.6 Å². The molecule has 0 unspecified atom stereocenters. The van der Waals surface area contributed by atoms with Gasteiger partial charge in [-0.15, -0.1) is 0 Å². The number of nitrogens with one attached hydrogen (secondary N) is 1. The highest BCUT2D eigenvalue weighted by Crippen LogP contribution is 2.37. The average molecular weight is 399 g/mol. The van der Waals surface area contributed by atoms with Crippen molar-refractivity contribution in [2.24, 2.45) is 0 Å². The van der Waals surface area contributed by atoms with Crippen molar-refractivity contribution in [3.63, 3.8) is 0 Å². The Kier molecular flexibility index (Phi) is 6.67. The molecule has 0 saturated heterocycles. The van der Waals surface area contributed by atoms with Crippen molar-refractivity contribution in [1.29, 1.82) is 0 Å². The number of amides is 2. The zero-order valence-electron chi connectivity index (χ0n) is 14.4. The van der Waals surface area contributed by atoms with Gasteiger partial charge < -0.3 is 10.1 Å². The molecule has 0 aliphatic heterocycles. The number of pyridine rings is 1. The van der Waals surface area contributed by atoms with Crippen molar-refractivity contribution in [2.45, 2.75) is 17.5 Å². The predicted octanol–water partition coefficient (Wildman–Crippen LogP) is 4.54. The molecule has 144 valence electrons. The number of ether oxygens (including phenoxy) is 1. The summed E-state index contributed by atoms with van der Waals surface area (Å²) in [5.41, 5.74) is -3.86. The van der Waals surface area contributed by atoms with Crippen LogP contribution in [-0.2, 0) is 4.74 Å².